The first-order chi connectivity index (χ1) is 6.25. The van der Waals surface area contributed by atoms with Crippen molar-refractivity contribution in [3.05, 3.63) is 16.6 Å². The summed E-state index contributed by atoms with van der Waals surface area (Å²) in [4.78, 5) is 1.25. The van der Waals surface area contributed by atoms with E-state index in [9.17, 15) is 0 Å². The van der Waals surface area contributed by atoms with Gasteiger partial charge in [0.1, 0.15) is 0 Å². The summed E-state index contributed by atoms with van der Waals surface area (Å²) in [6.45, 7) is 2.02. The van der Waals surface area contributed by atoms with Crippen LogP contribution in [0, 0.1) is 12.8 Å². The van der Waals surface area contributed by atoms with Crippen LogP contribution in [0.15, 0.2) is 6.07 Å². The molecule has 0 aromatic carbocycles. The van der Waals surface area contributed by atoms with Crippen molar-refractivity contribution in [3.8, 4) is 0 Å². The zero-order chi connectivity index (χ0) is 9.26. The van der Waals surface area contributed by atoms with E-state index < -0.39 is 0 Å². The highest BCUT2D eigenvalue weighted by molar-refractivity contribution is 7.05. The predicted octanol–water partition coefficient (Wildman–Crippen LogP) is 2.64. The third-order valence-corrected chi connectivity index (χ3v) is 3.83. The van der Waals surface area contributed by atoms with E-state index in [-0.39, 0.29) is 6.04 Å². The number of rotatable bonds is 3. The smallest absolute Gasteiger partial charge is 0.0514 e. The molecule has 3 heteroatoms. The Bertz CT molecular complexity index is 278. The molecule has 1 unspecified atom stereocenters. The van der Waals surface area contributed by atoms with Crippen LogP contribution in [0.5, 0.6) is 0 Å². The molecule has 1 aliphatic rings. The van der Waals surface area contributed by atoms with E-state index in [1.807, 2.05) is 6.92 Å². The minimum atomic E-state index is 0.233. The maximum absolute atomic E-state index is 6.09. The van der Waals surface area contributed by atoms with E-state index in [0.717, 1.165) is 18.0 Å². The average molecular weight is 196 g/mol. The Morgan fingerprint density at radius 2 is 2.46 bits per heavy atom. The topological polar surface area (TPSA) is 38.9 Å². The van der Waals surface area contributed by atoms with Gasteiger partial charge >= 0.3 is 0 Å². The number of aryl methyl sites for hydroxylation is 1. The Kier molecular flexibility index (Phi) is 2.65. The van der Waals surface area contributed by atoms with E-state index in [1.165, 1.54) is 24.1 Å². The molecule has 1 aliphatic carbocycles. The number of hydrogen-bond donors (Lipinski definition) is 1. The van der Waals surface area contributed by atoms with Gasteiger partial charge in [-0.25, -0.2) is 0 Å². The summed E-state index contributed by atoms with van der Waals surface area (Å²) in [6, 6.07) is 2.35. The molecule has 2 nitrogen and oxygen atoms in total. The van der Waals surface area contributed by atoms with Crippen LogP contribution in [0.2, 0.25) is 0 Å². The lowest BCUT2D eigenvalue weighted by Crippen LogP contribution is -2.19. The second kappa shape index (κ2) is 3.76. The maximum atomic E-state index is 6.09. The zero-order valence-corrected chi connectivity index (χ0v) is 8.81. The Morgan fingerprint density at radius 1 is 1.69 bits per heavy atom. The lowest BCUT2D eigenvalue weighted by Gasteiger charge is -2.27. The molecular formula is C10H16N2S. The number of aromatic nitrogens is 1. The van der Waals surface area contributed by atoms with Crippen molar-refractivity contribution in [2.24, 2.45) is 11.7 Å². The molecule has 1 fully saturated rings. The molecule has 0 spiro atoms. The van der Waals surface area contributed by atoms with Crippen molar-refractivity contribution in [1.29, 1.82) is 0 Å². The fourth-order valence-corrected chi connectivity index (χ4v) is 2.52. The Labute approximate surface area is 83.3 Å². The molecule has 13 heavy (non-hydrogen) atoms. The molecule has 2 N–H and O–H groups in total. The van der Waals surface area contributed by atoms with E-state index in [2.05, 4.69) is 10.4 Å². The van der Waals surface area contributed by atoms with Crippen LogP contribution in [0.4, 0.5) is 0 Å². The van der Waals surface area contributed by atoms with Crippen LogP contribution in [0.25, 0.3) is 0 Å². The summed E-state index contributed by atoms with van der Waals surface area (Å²) >= 11 is 1.56. The van der Waals surface area contributed by atoms with Gasteiger partial charge in [0.25, 0.3) is 0 Å². The molecule has 1 aromatic heterocycles. The summed E-state index contributed by atoms with van der Waals surface area (Å²) < 4.78 is 4.25. The molecule has 72 valence electrons. The quantitative estimate of drug-likeness (QED) is 0.807. The Balaban J connectivity index is 1.92. The molecule has 0 amide bonds. The first-order valence-corrected chi connectivity index (χ1v) is 5.72. The minimum absolute atomic E-state index is 0.233. The van der Waals surface area contributed by atoms with Gasteiger partial charge in [-0.2, -0.15) is 4.37 Å². The van der Waals surface area contributed by atoms with Gasteiger partial charge in [-0.15, -0.1) is 0 Å². The highest BCUT2D eigenvalue weighted by atomic mass is 32.1. The molecular weight excluding hydrogens is 180 g/mol. The van der Waals surface area contributed by atoms with Crippen LogP contribution in [0.3, 0.4) is 0 Å². The van der Waals surface area contributed by atoms with Gasteiger partial charge in [-0.3, -0.25) is 0 Å². The normalized spacial score (nSPS) is 19.8. The van der Waals surface area contributed by atoms with Gasteiger partial charge < -0.3 is 5.73 Å². The largest absolute Gasteiger partial charge is 0.323 e. The van der Waals surface area contributed by atoms with E-state index in [0.29, 0.717) is 0 Å². The summed E-state index contributed by atoms with van der Waals surface area (Å²) in [7, 11) is 0. The summed E-state index contributed by atoms with van der Waals surface area (Å²) in [5.74, 6) is 0.886. The third kappa shape index (κ3) is 2.09. The van der Waals surface area contributed by atoms with Gasteiger partial charge in [0.15, 0.2) is 0 Å². The molecule has 1 saturated carbocycles. The van der Waals surface area contributed by atoms with Crippen molar-refractivity contribution in [1.82, 2.24) is 4.37 Å². The van der Waals surface area contributed by atoms with Crippen LogP contribution in [-0.2, 0) is 0 Å². The van der Waals surface area contributed by atoms with E-state index in [1.54, 1.807) is 11.5 Å². The average Bonchev–Trinajstić information content (AvgIpc) is 2.44. The van der Waals surface area contributed by atoms with Gasteiger partial charge in [-0.1, -0.05) is 19.3 Å². The predicted molar refractivity (Wildman–Crippen MR) is 55.7 cm³/mol. The first-order valence-electron chi connectivity index (χ1n) is 4.94. The van der Waals surface area contributed by atoms with Gasteiger partial charge in [-0.05, 0) is 36.9 Å². The maximum Gasteiger partial charge on any atom is 0.0514 e. The molecule has 0 bridgehead atoms. The van der Waals surface area contributed by atoms with Crippen LogP contribution >= 0.6 is 11.5 Å². The molecule has 1 atom stereocenters. The lowest BCUT2D eigenvalue weighted by atomic mass is 9.81. The second-order valence-corrected chi connectivity index (χ2v) is 4.85. The number of nitrogens with zero attached hydrogens (tertiary/aromatic N) is 1. The second-order valence-electron chi connectivity index (χ2n) is 4.01. The van der Waals surface area contributed by atoms with Crippen LogP contribution < -0.4 is 5.73 Å². The third-order valence-electron chi connectivity index (χ3n) is 2.82. The van der Waals surface area contributed by atoms with Gasteiger partial charge in [0, 0.05) is 10.9 Å². The van der Waals surface area contributed by atoms with Crippen molar-refractivity contribution in [3.63, 3.8) is 0 Å². The Hall–Kier alpha value is -0.410. The van der Waals surface area contributed by atoms with Crippen molar-refractivity contribution in [2.75, 3.05) is 0 Å². The molecule has 2 rings (SSSR count). The Morgan fingerprint density at radius 3 is 2.92 bits per heavy atom. The van der Waals surface area contributed by atoms with Crippen LogP contribution in [0.1, 0.15) is 42.3 Å². The zero-order valence-electron chi connectivity index (χ0n) is 7.99. The van der Waals surface area contributed by atoms with E-state index in [4.69, 9.17) is 5.73 Å². The summed E-state index contributed by atoms with van der Waals surface area (Å²) in [5.41, 5.74) is 7.19. The molecule has 0 aliphatic heterocycles. The summed E-state index contributed by atoms with van der Waals surface area (Å²) in [6.07, 6.45) is 5.32. The molecule has 1 heterocycles. The minimum Gasteiger partial charge on any atom is -0.323 e. The molecule has 0 saturated heterocycles. The van der Waals surface area contributed by atoms with Crippen LogP contribution in [-0.4, -0.2) is 4.37 Å². The molecule has 0 radical (unpaired) electrons. The van der Waals surface area contributed by atoms with Gasteiger partial charge in [0.05, 0.1) is 5.69 Å². The number of hydrogen-bond acceptors (Lipinski definition) is 3. The van der Waals surface area contributed by atoms with Crippen molar-refractivity contribution in [2.45, 2.75) is 38.6 Å². The SMILES string of the molecule is Cc1cc(C(N)CC2CCC2)sn1. The highest BCUT2D eigenvalue weighted by Crippen LogP contribution is 2.34. The standard InChI is InChI=1S/C10H16N2S/c1-7-5-10(13-12-7)9(11)6-8-3-2-4-8/h5,8-9H,2-4,6,11H2,1H3. The fraction of sp³-hybridized carbons (Fsp3) is 0.700. The first kappa shape index (κ1) is 9.16. The highest BCUT2D eigenvalue weighted by Gasteiger charge is 2.21. The van der Waals surface area contributed by atoms with Gasteiger partial charge in [0.2, 0.25) is 0 Å². The number of nitrogens with two attached hydrogens (primary N) is 1. The lowest BCUT2D eigenvalue weighted by molar-refractivity contribution is 0.278. The summed E-state index contributed by atoms with van der Waals surface area (Å²) in [5, 5.41) is 0. The fourth-order valence-electron chi connectivity index (χ4n) is 1.76. The van der Waals surface area contributed by atoms with Crippen molar-refractivity contribution >= 4 is 11.5 Å². The monoisotopic (exact) mass is 196 g/mol. The van der Waals surface area contributed by atoms with Crippen molar-refractivity contribution < 1.29 is 0 Å². The van der Waals surface area contributed by atoms with E-state index >= 15 is 0 Å². The molecule has 1 aromatic rings.